The highest BCUT2D eigenvalue weighted by Gasteiger charge is 2.09. The number of nitrogens with zero attached hydrogens (tertiary/aromatic N) is 3. The third kappa shape index (κ3) is 21.6. The Bertz CT molecular complexity index is 306. The van der Waals surface area contributed by atoms with E-state index in [0.29, 0.717) is 0 Å². The van der Waals surface area contributed by atoms with Gasteiger partial charge in [-0.25, -0.2) is 0 Å². The number of hydrogen-bond donors (Lipinski definition) is 2. The lowest BCUT2D eigenvalue weighted by molar-refractivity contribution is 0.135. The molecular formula is C26H61N5O. The molecule has 0 saturated carbocycles. The second-order valence-electron chi connectivity index (χ2n) is 8.80. The number of nitrogens with two attached hydrogens (primary N) is 1. The van der Waals surface area contributed by atoms with E-state index in [1.165, 1.54) is 110 Å². The third-order valence-corrected chi connectivity index (χ3v) is 6.08. The summed E-state index contributed by atoms with van der Waals surface area (Å²) in [5.41, 5.74) is 4.85. The van der Waals surface area contributed by atoms with Crippen LogP contribution >= 0.6 is 0 Å². The minimum Gasteiger partial charge on any atom is -0.383 e. The van der Waals surface area contributed by atoms with Gasteiger partial charge < -0.3 is 30.5 Å². The molecule has 0 aromatic rings. The molecule has 3 saturated heterocycles. The number of likely N-dealkylation sites (tertiary alicyclic amines) is 3. The Kier molecular flexibility index (Phi) is 28.6. The van der Waals surface area contributed by atoms with Crippen molar-refractivity contribution >= 4 is 0 Å². The molecule has 3 aliphatic rings. The van der Waals surface area contributed by atoms with Crippen LogP contribution in [0.25, 0.3) is 0 Å². The van der Waals surface area contributed by atoms with Crippen molar-refractivity contribution in [3.63, 3.8) is 0 Å². The highest BCUT2D eigenvalue weighted by atomic mass is 16.5. The number of likely N-dealkylation sites (N-methyl/N-ethyl adjacent to an activating group) is 1. The average molecular weight is 460 g/mol. The van der Waals surface area contributed by atoms with Crippen molar-refractivity contribution in [3.8, 4) is 0 Å². The Morgan fingerprint density at radius 1 is 0.688 bits per heavy atom. The quantitative estimate of drug-likeness (QED) is 0.602. The third-order valence-electron chi connectivity index (χ3n) is 6.08. The lowest BCUT2D eigenvalue weighted by Gasteiger charge is -2.25. The number of piperidine rings is 3. The van der Waals surface area contributed by atoms with Crippen LogP contribution in [0.2, 0.25) is 0 Å². The fourth-order valence-electron chi connectivity index (χ4n) is 4.13. The molecule has 196 valence electrons. The molecule has 0 unspecified atom stereocenters. The Morgan fingerprint density at radius 3 is 1.38 bits per heavy atom. The Labute approximate surface area is 202 Å². The van der Waals surface area contributed by atoms with E-state index in [0.717, 1.165) is 26.2 Å². The van der Waals surface area contributed by atoms with E-state index >= 15 is 0 Å². The molecule has 0 atom stereocenters. The fourth-order valence-corrected chi connectivity index (χ4v) is 4.13. The van der Waals surface area contributed by atoms with Crippen LogP contribution in [-0.2, 0) is 4.74 Å². The molecule has 6 nitrogen and oxygen atoms in total. The van der Waals surface area contributed by atoms with Gasteiger partial charge in [-0.3, -0.25) is 0 Å². The molecule has 3 N–H and O–H groups in total. The van der Waals surface area contributed by atoms with E-state index in [2.05, 4.69) is 26.9 Å². The monoisotopic (exact) mass is 459 g/mol. The molecule has 0 aliphatic carbocycles. The number of methoxy groups -OCH3 is 1. The topological polar surface area (TPSA) is 57.0 Å². The van der Waals surface area contributed by atoms with Crippen LogP contribution in [0, 0.1) is 0 Å². The second-order valence-corrected chi connectivity index (χ2v) is 8.80. The van der Waals surface area contributed by atoms with Gasteiger partial charge >= 0.3 is 0 Å². The molecule has 0 aromatic heterocycles. The van der Waals surface area contributed by atoms with Crippen LogP contribution in [0.15, 0.2) is 0 Å². The maximum absolute atomic E-state index is 5.00. The average Bonchev–Trinajstić information content (AvgIpc) is 2.84. The molecule has 3 rings (SSSR count). The molecule has 3 heterocycles. The normalized spacial score (nSPS) is 19.8. The molecule has 0 spiro atoms. The summed E-state index contributed by atoms with van der Waals surface area (Å²) in [7, 11) is 3.79. The van der Waals surface area contributed by atoms with Gasteiger partial charge in [-0.15, -0.1) is 0 Å². The first-order valence-electron chi connectivity index (χ1n) is 13.2. The molecule has 3 aliphatic heterocycles. The molecule has 32 heavy (non-hydrogen) atoms. The first-order valence-corrected chi connectivity index (χ1v) is 13.2. The van der Waals surface area contributed by atoms with Crippen molar-refractivity contribution < 1.29 is 4.74 Å². The van der Waals surface area contributed by atoms with Crippen LogP contribution in [0.1, 0.15) is 79.1 Å². The van der Waals surface area contributed by atoms with Crippen molar-refractivity contribution in [3.05, 3.63) is 0 Å². The van der Waals surface area contributed by atoms with Crippen LogP contribution in [0.5, 0.6) is 0 Å². The van der Waals surface area contributed by atoms with Gasteiger partial charge in [-0.1, -0.05) is 40.5 Å². The van der Waals surface area contributed by atoms with Crippen molar-refractivity contribution in [1.82, 2.24) is 20.0 Å². The summed E-state index contributed by atoms with van der Waals surface area (Å²) in [5, 5.41) is 3.17. The zero-order valence-electron chi connectivity index (χ0n) is 21.7. The van der Waals surface area contributed by atoms with Crippen LogP contribution in [0.4, 0.5) is 0 Å². The van der Waals surface area contributed by atoms with Gasteiger partial charge in [-0.05, 0) is 97.9 Å². The minimum absolute atomic E-state index is 0. The number of nitrogens with one attached hydrogen (secondary N) is 1. The van der Waals surface area contributed by atoms with E-state index in [1.54, 1.807) is 7.11 Å². The predicted octanol–water partition coefficient (Wildman–Crippen LogP) is 3.90. The standard InChI is InChI=1S/C8H18N2.C8H17NO.C7H15N.C2H7N.CH4/c1-9-5-8-10-6-3-2-4-7-10;1-10-8-7-9-5-3-2-4-6-9;1-2-8-6-4-3-5-7-8;1-2-3;/h9H,2-8H2,1H3;2-8H2,1H3;2-7H2,1H3;2-3H2,1H3;1H4. The smallest absolute Gasteiger partial charge is 0.0589 e. The van der Waals surface area contributed by atoms with Gasteiger partial charge in [-0.2, -0.15) is 0 Å². The van der Waals surface area contributed by atoms with Crippen LogP contribution in [-0.4, -0.2) is 107 Å². The summed E-state index contributed by atoms with van der Waals surface area (Å²) in [6, 6.07) is 0. The highest BCUT2D eigenvalue weighted by Crippen LogP contribution is 2.08. The maximum Gasteiger partial charge on any atom is 0.0589 e. The molecule has 6 heteroatoms. The van der Waals surface area contributed by atoms with Gasteiger partial charge in [0, 0.05) is 26.7 Å². The van der Waals surface area contributed by atoms with Gasteiger partial charge in [0.25, 0.3) is 0 Å². The number of hydrogen-bond acceptors (Lipinski definition) is 6. The van der Waals surface area contributed by atoms with E-state index in [1.807, 2.05) is 14.0 Å². The second kappa shape index (κ2) is 27.0. The molecule has 3 fully saturated rings. The summed E-state index contributed by atoms with van der Waals surface area (Å²) < 4.78 is 5.00. The Balaban J connectivity index is 0. The number of rotatable bonds is 7. The van der Waals surface area contributed by atoms with E-state index < -0.39 is 0 Å². The maximum atomic E-state index is 5.00. The molecule has 0 aromatic carbocycles. The fraction of sp³-hybridized carbons (Fsp3) is 1.00. The number of ether oxygens (including phenoxy) is 1. The predicted molar refractivity (Wildman–Crippen MR) is 144 cm³/mol. The van der Waals surface area contributed by atoms with E-state index in [9.17, 15) is 0 Å². The van der Waals surface area contributed by atoms with Crippen LogP contribution in [0.3, 0.4) is 0 Å². The Hall–Kier alpha value is -0.240. The minimum atomic E-state index is 0. The first kappa shape index (κ1) is 33.9. The van der Waals surface area contributed by atoms with Gasteiger partial charge in [0.1, 0.15) is 0 Å². The van der Waals surface area contributed by atoms with Crippen LogP contribution < -0.4 is 11.1 Å². The van der Waals surface area contributed by atoms with Gasteiger partial charge in [0.05, 0.1) is 6.61 Å². The lowest BCUT2D eigenvalue weighted by atomic mass is 10.1. The molecular weight excluding hydrogens is 398 g/mol. The van der Waals surface area contributed by atoms with E-state index in [4.69, 9.17) is 10.5 Å². The largest absolute Gasteiger partial charge is 0.383 e. The van der Waals surface area contributed by atoms with Gasteiger partial charge in [0.15, 0.2) is 0 Å². The Morgan fingerprint density at radius 2 is 1.06 bits per heavy atom. The summed E-state index contributed by atoms with van der Waals surface area (Å²) in [4.78, 5) is 7.54. The van der Waals surface area contributed by atoms with E-state index in [-0.39, 0.29) is 7.43 Å². The van der Waals surface area contributed by atoms with Crippen molar-refractivity contribution in [2.75, 3.05) is 92.8 Å². The summed E-state index contributed by atoms with van der Waals surface area (Å²) >= 11 is 0. The highest BCUT2D eigenvalue weighted by molar-refractivity contribution is 4.65. The van der Waals surface area contributed by atoms with Gasteiger partial charge in [0.2, 0.25) is 0 Å². The SMILES string of the molecule is C.CCN.CCN1CCCCC1.CNCCN1CCCCC1.COCCN1CCCCC1. The summed E-state index contributed by atoms with van der Waals surface area (Å²) in [6.45, 7) is 18.4. The first-order chi connectivity index (χ1) is 15.2. The lowest BCUT2D eigenvalue weighted by Crippen LogP contribution is -2.34. The summed E-state index contributed by atoms with van der Waals surface area (Å²) in [5.74, 6) is 0. The van der Waals surface area contributed by atoms with Crippen molar-refractivity contribution in [1.29, 1.82) is 0 Å². The molecule has 0 amide bonds. The summed E-state index contributed by atoms with van der Waals surface area (Å²) in [6.07, 6.45) is 12.7. The molecule has 0 radical (unpaired) electrons. The van der Waals surface area contributed by atoms with Crippen molar-refractivity contribution in [2.24, 2.45) is 5.73 Å². The van der Waals surface area contributed by atoms with Crippen molar-refractivity contribution in [2.45, 2.75) is 79.1 Å². The zero-order chi connectivity index (χ0) is 23.0. The molecule has 0 bridgehead atoms. The zero-order valence-corrected chi connectivity index (χ0v) is 21.7.